The van der Waals surface area contributed by atoms with Gasteiger partial charge in [-0.2, -0.15) is 0 Å². The van der Waals surface area contributed by atoms with E-state index in [9.17, 15) is 8.78 Å². The molecule has 0 aliphatic carbocycles. The van der Waals surface area contributed by atoms with Crippen LogP contribution in [0.4, 0.5) is 14.6 Å². The first kappa shape index (κ1) is 18.4. The summed E-state index contributed by atoms with van der Waals surface area (Å²) in [6, 6.07) is 11.5. The fraction of sp³-hybridized carbons (Fsp3) is 0.286. The summed E-state index contributed by atoms with van der Waals surface area (Å²) in [6.07, 6.45) is 2.12. The van der Waals surface area contributed by atoms with Crippen molar-refractivity contribution in [1.29, 1.82) is 0 Å². The van der Waals surface area contributed by atoms with Gasteiger partial charge in [-0.1, -0.05) is 19.1 Å². The molecule has 1 aliphatic rings. The van der Waals surface area contributed by atoms with E-state index in [0.29, 0.717) is 36.8 Å². The largest absolute Gasteiger partial charge is 0.370 e. The Kier molecular flexibility index (Phi) is 5.25. The summed E-state index contributed by atoms with van der Waals surface area (Å²) < 4.78 is 32.7. The van der Waals surface area contributed by atoms with Gasteiger partial charge in [0.25, 0.3) is 0 Å². The number of aryl methyl sites for hydroxylation is 1. The third-order valence-electron chi connectivity index (χ3n) is 4.73. The molecule has 0 N–H and O–H groups in total. The molecule has 1 atom stereocenters. The van der Waals surface area contributed by atoms with Crippen LogP contribution in [0.15, 0.2) is 48.7 Å². The van der Waals surface area contributed by atoms with Gasteiger partial charge in [0.05, 0.1) is 6.61 Å². The zero-order valence-corrected chi connectivity index (χ0v) is 15.5. The Bertz CT molecular complexity index is 968. The van der Waals surface area contributed by atoms with Gasteiger partial charge >= 0.3 is 0 Å². The lowest BCUT2D eigenvalue weighted by atomic mass is 10.1. The summed E-state index contributed by atoms with van der Waals surface area (Å²) >= 11 is 0. The van der Waals surface area contributed by atoms with Crippen LogP contribution in [-0.2, 0) is 11.2 Å². The predicted octanol–water partition coefficient (Wildman–Crippen LogP) is 3.96. The van der Waals surface area contributed by atoms with Crippen molar-refractivity contribution in [2.75, 3.05) is 24.6 Å². The van der Waals surface area contributed by atoms with Crippen LogP contribution in [0.1, 0.15) is 24.3 Å². The molecule has 1 aromatic carbocycles. The van der Waals surface area contributed by atoms with Gasteiger partial charge in [0.1, 0.15) is 17.6 Å². The molecule has 144 valence electrons. The van der Waals surface area contributed by atoms with Crippen molar-refractivity contribution in [3.05, 3.63) is 71.6 Å². The standard InChI is InChI=1S/C21H20F2N4O/c1-2-15-12-20(26-21(25-15)18-5-3-4-8-24-18)27-9-10-28-19(13-27)14-6-7-16(22)17(23)11-14/h3-8,11-12,19H,2,9-10,13H2,1H3. The average Bonchev–Trinajstić information content (AvgIpc) is 2.76. The zero-order valence-electron chi connectivity index (χ0n) is 15.5. The summed E-state index contributed by atoms with van der Waals surface area (Å²) in [4.78, 5) is 15.7. The van der Waals surface area contributed by atoms with Crippen LogP contribution in [0.2, 0.25) is 0 Å². The van der Waals surface area contributed by atoms with Crippen molar-refractivity contribution in [3.63, 3.8) is 0 Å². The van der Waals surface area contributed by atoms with Crippen LogP contribution < -0.4 is 4.90 Å². The number of benzene rings is 1. The fourth-order valence-electron chi connectivity index (χ4n) is 3.21. The molecule has 0 spiro atoms. The Hall–Kier alpha value is -2.93. The van der Waals surface area contributed by atoms with E-state index >= 15 is 0 Å². The number of aromatic nitrogens is 3. The van der Waals surface area contributed by atoms with Crippen LogP contribution >= 0.6 is 0 Å². The summed E-state index contributed by atoms with van der Waals surface area (Å²) in [6.45, 7) is 3.65. The zero-order chi connectivity index (χ0) is 19.5. The number of hydrogen-bond acceptors (Lipinski definition) is 5. The van der Waals surface area contributed by atoms with Gasteiger partial charge in [-0.15, -0.1) is 0 Å². The lowest BCUT2D eigenvalue weighted by molar-refractivity contribution is 0.0392. The van der Waals surface area contributed by atoms with Crippen molar-refractivity contribution in [3.8, 4) is 11.5 Å². The van der Waals surface area contributed by atoms with E-state index < -0.39 is 11.6 Å². The first-order chi connectivity index (χ1) is 13.6. The second kappa shape index (κ2) is 7.98. The quantitative estimate of drug-likeness (QED) is 0.684. The van der Waals surface area contributed by atoms with Gasteiger partial charge in [-0.05, 0) is 36.2 Å². The van der Waals surface area contributed by atoms with Gasteiger partial charge in [0.2, 0.25) is 0 Å². The minimum absolute atomic E-state index is 0.359. The summed E-state index contributed by atoms with van der Waals surface area (Å²) in [5.41, 5.74) is 2.24. The van der Waals surface area contributed by atoms with E-state index in [1.165, 1.54) is 6.07 Å². The SMILES string of the molecule is CCc1cc(N2CCOC(c3ccc(F)c(F)c3)C2)nc(-c2ccccn2)n1. The number of halogens is 2. The molecule has 7 heteroatoms. The van der Waals surface area contributed by atoms with Crippen molar-refractivity contribution < 1.29 is 13.5 Å². The lowest BCUT2D eigenvalue weighted by Gasteiger charge is -2.34. The highest BCUT2D eigenvalue weighted by Gasteiger charge is 2.24. The maximum Gasteiger partial charge on any atom is 0.180 e. The number of nitrogens with zero attached hydrogens (tertiary/aromatic N) is 4. The highest BCUT2D eigenvalue weighted by molar-refractivity contribution is 5.54. The maximum absolute atomic E-state index is 13.6. The number of morpholine rings is 1. The number of rotatable bonds is 4. The molecule has 0 radical (unpaired) electrons. The fourth-order valence-corrected chi connectivity index (χ4v) is 3.21. The molecular formula is C21H20F2N4O. The van der Waals surface area contributed by atoms with Crippen molar-refractivity contribution in [2.45, 2.75) is 19.4 Å². The third-order valence-corrected chi connectivity index (χ3v) is 4.73. The van der Waals surface area contributed by atoms with E-state index in [1.807, 2.05) is 31.2 Å². The Morgan fingerprint density at radius 3 is 2.75 bits per heavy atom. The van der Waals surface area contributed by atoms with E-state index in [0.717, 1.165) is 24.0 Å². The highest BCUT2D eigenvalue weighted by atomic mass is 19.2. The van der Waals surface area contributed by atoms with E-state index in [-0.39, 0.29) is 6.10 Å². The second-order valence-electron chi connectivity index (χ2n) is 6.59. The molecule has 1 unspecified atom stereocenters. The molecule has 0 amide bonds. The van der Waals surface area contributed by atoms with Gasteiger partial charge in [0, 0.05) is 31.0 Å². The Morgan fingerprint density at radius 1 is 1.11 bits per heavy atom. The molecule has 3 aromatic rings. The molecule has 3 heterocycles. The van der Waals surface area contributed by atoms with E-state index in [4.69, 9.17) is 9.72 Å². The average molecular weight is 382 g/mol. The summed E-state index contributed by atoms with van der Waals surface area (Å²) in [5.74, 6) is -0.375. The normalized spacial score (nSPS) is 17.0. The molecule has 28 heavy (non-hydrogen) atoms. The molecule has 5 nitrogen and oxygen atoms in total. The van der Waals surface area contributed by atoms with Crippen LogP contribution in [0.5, 0.6) is 0 Å². The molecular weight excluding hydrogens is 362 g/mol. The number of anilines is 1. The van der Waals surface area contributed by atoms with Crippen molar-refractivity contribution in [1.82, 2.24) is 15.0 Å². The van der Waals surface area contributed by atoms with E-state index in [2.05, 4.69) is 14.9 Å². The van der Waals surface area contributed by atoms with Crippen LogP contribution in [0, 0.1) is 11.6 Å². The predicted molar refractivity (Wildman–Crippen MR) is 102 cm³/mol. The monoisotopic (exact) mass is 382 g/mol. The Balaban J connectivity index is 1.63. The summed E-state index contributed by atoms with van der Waals surface area (Å²) in [5, 5.41) is 0. The molecule has 1 fully saturated rings. The third kappa shape index (κ3) is 3.84. The van der Waals surface area contributed by atoms with Gasteiger partial charge in [0.15, 0.2) is 17.5 Å². The van der Waals surface area contributed by atoms with E-state index in [1.54, 1.807) is 12.3 Å². The van der Waals surface area contributed by atoms with Crippen LogP contribution in [0.25, 0.3) is 11.5 Å². The number of ether oxygens (including phenoxy) is 1. The molecule has 0 saturated carbocycles. The van der Waals surface area contributed by atoms with Crippen LogP contribution in [0.3, 0.4) is 0 Å². The van der Waals surface area contributed by atoms with Gasteiger partial charge < -0.3 is 9.64 Å². The molecule has 1 saturated heterocycles. The molecule has 0 bridgehead atoms. The van der Waals surface area contributed by atoms with Gasteiger partial charge in [-0.25, -0.2) is 18.7 Å². The second-order valence-corrected chi connectivity index (χ2v) is 6.59. The first-order valence-corrected chi connectivity index (χ1v) is 9.25. The number of pyridine rings is 1. The van der Waals surface area contributed by atoms with Crippen LogP contribution in [-0.4, -0.2) is 34.6 Å². The minimum Gasteiger partial charge on any atom is -0.370 e. The molecule has 2 aromatic heterocycles. The Morgan fingerprint density at radius 2 is 2.00 bits per heavy atom. The maximum atomic E-state index is 13.6. The smallest absolute Gasteiger partial charge is 0.180 e. The lowest BCUT2D eigenvalue weighted by Crippen LogP contribution is -2.39. The molecule has 1 aliphatic heterocycles. The van der Waals surface area contributed by atoms with Gasteiger partial charge in [-0.3, -0.25) is 4.98 Å². The topological polar surface area (TPSA) is 51.1 Å². The molecule has 4 rings (SSSR count). The summed E-state index contributed by atoms with van der Waals surface area (Å²) in [7, 11) is 0. The highest BCUT2D eigenvalue weighted by Crippen LogP contribution is 2.27. The number of hydrogen-bond donors (Lipinski definition) is 0. The van der Waals surface area contributed by atoms with Crippen molar-refractivity contribution >= 4 is 5.82 Å². The minimum atomic E-state index is -0.869. The first-order valence-electron chi connectivity index (χ1n) is 9.25. The van der Waals surface area contributed by atoms with Crippen molar-refractivity contribution in [2.24, 2.45) is 0 Å². The Labute approximate surface area is 162 Å².